The van der Waals surface area contributed by atoms with E-state index in [1.807, 2.05) is 11.9 Å². The van der Waals surface area contributed by atoms with Crippen LogP contribution >= 0.6 is 0 Å². The molecule has 0 bridgehead atoms. The number of nitrogens with zero attached hydrogens (tertiary/aromatic N) is 3. The Morgan fingerprint density at radius 1 is 1.15 bits per heavy atom. The van der Waals surface area contributed by atoms with Crippen LogP contribution in [-0.2, 0) is 6.18 Å². The predicted octanol–water partition coefficient (Wildman–Crippen LogP) is 3.90. The molecule has 0 aliphatic heterocycles. The van der Waals surface area contributed by atoms with Crippen LogP contribution in [0.5, 0.6) is 0 Å². The van der Waals surface area contributed by atoms with Gasteiger partial charge in [-0.1, -0.05) is 13.8 Å². The number of alkyl halides is 3. The van der Waals surface area contributed by atoms with Gasteiger partial charge in [0.1, 0.15) is 0 Å². The first-order valence-corrected chi connectivity index (χ1v) is 6.83. The topological polar surface area (TPSA) is 29.0 Å². The van der Waals surface area contributed by atoms with Gasteiger partial charge < -0.3 is 4.90 Å². The van der Waals surface area contributed by atoms with Crippen LogP contribution in [-0.4, -0.2) is 23.3 Å². The van der Waals surface area contributed by atoms with E-state index < -0.39 is 11.9 Å². The molecule has 0 atom stereocenters. The number of hydrogen-bond donors (Lipinski definition) is 0. The first-order chi connectivity index (χ1) is 9.19. The van der Waals surface area contributed by atoms with Gasteiger partial charge in [-0.2, -0.15) is 13.2 Å². The van der Waals surface area contributed by atoms with E-state index in [9.17, 15) is 13.2 Å². The zero-order chi connectivity index (χ0) is 15.0. The van der Waals surface area contributed by atoms with Gasteiger partial charge in [0.05, 0.1) is 0 Å². The van der Waals surface area contributed by atoms with E-state index >= 15 is 0 Å². The largest absolute Gasteiger partial charge is 0.435 e. The van der Waals surface area contributed by atoms with Gasteiger partial charge in [0.2, 0.25) is 0 Å². The van der Waals surface area contributed by atoms with E-state index in [0.717, 1.165) is 31.7 Å². The van der Waals surface area contributed by atoms with Crippen LogP contribution < -0.4 is 4.90 Å². The molecule has 1 aromatic rings. The fraction of sp³-hybridized carbons (Fsp3) is 0.714. The molecular weight excluding hydrogens is 267 g/mol. The second kappa shape index (κ2) is 5.22. The summed E-state index contributed by atoms with van der Waals surface area (Å²) in [7, 11) is 1.88. The standard InChI is InChI=1S/C14H20F3N3/c1-13(2)8-6-10(7-9-13)20(3)12-5-4-11(18-19-12)14(15,16)17/h4-5,10H,6-9H2,1-3H3. The molecule has 1 saturated carbocycles. The predicted molar refractivity (Wildman–Crippen MR) is 71.5 cm³/mol. The summed E-state index contributed by atoms with van der Waals surface area (Å²) in [4.78, 5) is 1.95. The molecule has 1 aromatic heterocycles. The second-order valence-electron chi connectivity index (χ2n) is 6.28. The summed E-state index contributed by atoms with van der Waals surface area (Å²) in [5, 5.41) is 6.99. The van der Waals surface area contributed by atoms with Gasteiger partial charge in [0, 0.05) is 13.1 Å². The Morgan fingerprint density at radius 3 is 2.20 bits per heavy atom. The molecule has 0 radical (unpaired) electrons. The van der Waals surface area contributed by atoms with E-state index in [1.54, 1.807) is 0 Å². The fourth-order valence-electron chi connectivity index (χ4n) is 2.62. The Labute approximate surface area is 117 Å². The van der Waals surface area contributed by atoms with Crippen LogP contribution in [0.4, 0.5) is 19.0 Å². The number of hydrogen-bond acceptors (Lipinski definition) is 3. The Bertz CT molecular complexity index is 444. The SMILES string of the molecule is CN(c1ccc(C(F)(F)F)nn1)C1CCC(C)(C)CC1. The molecule has 1 aliphatic rings. The summed E-state index contributed by atoms with van der Waals surface area (Å²) in [5.74, 6) is 0.503. The smallest absolute Gasteiger partial charge is 0.355 e. The highest BCUT2D eigenvalue weighted by Crippen LogP contribution is 2.37. The van der Waals surface area contributed by atoms with Crippen molar-refractivity contribution in [3.05, 3.63) is 17.8 Å². The van der Waals surface area contributed by atoms with Crippen LogP contribution in [0.25, 0.3) is 0 Å². The monoisotopic (exact) mass is 287 g/mol. The lowest BCUT2D eigenvalue weighted by Gasteiger charge is -2.38. The van der Waals surface area contributed by atoms with Crippen LogP contribution in [0.1, 0.15) is 45.2 Å². The van der Waals surface area contributed by atoms with E-state index in [-0.39, 0.29) is 0 Å². The average Bonchev–Trinajstić information content (AvgIpc) is 2.37. The molecule has 0 spiro atoms. The summed E-state index contributed by atoms with van der Waals surface area (Å²) >= 11 is 0. The van der Waals surface area contributed by atoms with Gasteiger partial charge in [0.15, 0.2) is 11.5 Å². The van der Waals surface area contributed by atoms with Gasteiger partial charge >= 0.3 is 6.18 Å². The summed E-state index contributed by atoms with van der Waals surface area (Å²) in [6, 6.07) is 2.72. The van der Waals surface area contributed by atoms with Gasteiger partial charge in [-0.3, -0.25) is 0 Å². The minimum Gasteiger partial charge on any atom is -0.355 e. The molecule has 2 rings (SSSR count). The molecule has 0 N–H and O–H groups in total. The van der Waals surface area contributed by atoms with Gasteiger partial charge in [-0.25, -0.2) is 0 Å². The first-order valence-electron chi connectivity index (χ1n) is 6.83. The minimum absolute atomic E-state index is 0.328. The van der Waals surface area contributed by atoms with Crippen molar-refractivity contribution < 1.29 is 13.2 Å². The van der Waals surface area contributed by atoms with Crippen molar-refractivity contribution in [1.29, 1.82) is 0 Å². The van der Waals surface area contributed by atoms with E-state index in [1.165, 1.54) is 6.07 Å². The quantitative estimate of drug-likeness (QED) is 0.826. The molecule has 1 fully saturated rings. The van der Waals surface area contributed by atoms with Crippen molar-refractivity contribution in [1.82, 2.24) is 10.2 Å². The summed E-state index contributed by atoms with van der Waals surface area (Å²) in [5.41, 5.74) is -0.581. The normalized spacial score (nSPS) is 19.9. The molecule has 1 heterocycles. The van der Waals surface area contributed by atoms with Crippen LogP contribution in [0, 0.1) is 5.41 Å². The lowest BCUT2D eigenvalue weighted by Crippen LogP contribution is -2.37. The molecule has 0 amide bonds. The lowest BCUT2D eigenvalue weighted by atomic mass is 9.75. The third-order valence-corrected chi connectivity index (χ3v) is 4.16. The van der Waals surface area contributed by atoms with Crippen molar-refractivity contribution >= 4 is 5.82 Å². The third kappa shape index (κ3) is 3.41. The minimum atomic E-state index is -4.43. The van der Waals surface area contributed by atoms with Gasteiger partial charge in [0.25, 0.3) is 0 Å². The first kappa shape index (κ1) is 15.1. The highest BCUT2D eigenvalue weighted by atomic mass is 19.4. The third-order valence-electron chi connectivity index (χ3n) is 4.16. The zero-order valence-electron chi connectivity index (χ0n) is 12.0. The molecule has 0 unspecified atom stereocenters. The van der Waals surface area contributed by atoms with E-state index in [2.05, 4.69) is 24.0 Å². The van der Waals surface area contributed by atoms with Gasteiger partial charge in [-0.15, -0.1) is 10.2 Å². The molecule has 1 aliphatic carbocycles. The van der Waals surface area contributed by atoms with Crippen molar-refractivity contribution in [2.45, 2.75) is 51.7 Å². The van der Waals surface area contributed by atoms with E-state index in [4.69, 9.17) is 0 Å². The number of anilines is 1. The van der Waals surface area contributed by atoms with Crippen LogP contribution in [0.15, 0.2) is 12.1 Å². The van der Waals surface area contributed by atoms with Crippen molar-refractivity contribution in [3.63, 3.8) is 0 Å². The average molecular weight is 287 g/mol. The molecule has 0 aromatic carbocycles. The molecular formula is C14H20F3N3. The summed E-state index contributed by atoms with van der Waals surface area (Å²) in [6.07, 6.45) is -0.122. The molecule has 6 heteroatoms. The second-order valence-corrected chi connectivity index (χ2v) is 6.28. The van der Waals surface area contributed by atoms with Crippen molar-refractivity contribution in [2.75, 3.05) is 11.9 Å². The van der Waals surface area contributed by atoms with Crippen molar-refractivity contribution in [2.24, 2.45) is 5.41 Å². The summed E-state index contributed by atoms with van der Waals surface area (Å²) in [6.45, 7) is 4.50. The van der Waals surface area contributed by atoms with Crippen LogP contribution in [0.2, 0.25) is 0 Å². The molecule has 112 valence electrons. The number of halogens is 3. The number of aromatic nitrogens is 2. The maximum atomic E-state index is 12.4. The highest BCUT2D eigenvalue weighted by molar-refractivity contribution is 5.38. The Kier molecular flexibility index (Phi) is 3.93. The molecule has 20 heavy (non-hydrogen) atoms. The Morgan fingerprint density at radius 2 is 1.75 bits per heavy atom. The Hall–Kier alpha value is -1.33. The van der Waals surface area contributed by atoms with E-state index in [0.29, 0.717) is 17.3 Å². The highest BCUT2D eigenvalue weighted by Gasteiger charge is 2.33. The fourth-order valence-corrected chi connectivity index (χ4v) is 2.62. The van der Waals surface area contributed by atoms with Gasteiger partial charge in [-0.05, 0) is 43.2 Å². The van der Waals surface area contributed by atoms with Crippen LogP contribution in [0.3, 0.4) is 0 Å². The maximum absolute atomic E-state index is 12.4. The summed E-state index contributed by atoms with van der Waals surface area (Å²) < 4.78 is 37.3. The molecule has 3 nitrogen and oxygen atoms in total. The van der Waals surface area contributed by atoms with Crippen molar-refractivity contribution in [3.8, 4) is 0 Å². The number of rotatable bonds is 2. The zero-order valence-corrected chi connectivity index (χ0v) is 12.0. The molecule has 0 saturated heterocycles. The lowest BCUT2D eigenvalue weighted by molar-refractivity contribution is -0.141. The Balaban J connectivity index is 2.05. The maximum Gasteiger partial charge on any atom is 0.435 e.